The Hall–Kier alpha value is -0.240. The molecule has 0 aliphatic carbocycles. The van der Waals surface area contributed by atoms with Crippen molar-refractivity contribution >= 4 is 0 Å². The summed E-state index contributed by atoms with van der Waals surface area (Å²) in [6, 6.07) is 1.62. The van der Waals surface area contributed by atoms with E-state index in [-0.39, 0.29) is 5.60 Å². The largest absolute Gasteiger partial charge is 0.379 e. The van der Waals surface area contributed by atoms with Crippen molar-refractivity contribution in [1.29, 1.82) is 0 Å². The van der Waals surface area contributed by atoms with Gasteiger partial charge in [-0.1, -0.05) is 0 Å². The van der Waals surface area contributed by atoms with Gasteiger partial charge in [0.1, 0.15) is 0 Å². The molecule has 0 amide bonds. The van der Waals surface area contributed by atoms with Gasteiger partial charge < -0.3 is 14.2 Å². The van der Waals surface area contributed by atoms with E-state index >= 15 is 0 Å². The summed E-state index contributed by atoms with van der Waals surface area (Å²) in [6.07, 6.45) is 3.09. The zero-order valence-electron chi connectivity index (χ0n) is 20.6. The van der Waals surface area contributed by atoms with Crippen LogP contribution in [0.1, 0.15) is 61.3 Å². The van der Waals surface area contributed by atoms with Crippen LogP contribution in [0.4, 0.5) is 0 Å². The number of hydrogen-bond acceptors (Lipinski definition) is 6. The Balaban J connectivity index is 1.53. The normalized spacial score (nSPS) is 34.2. The number of hydrogen-bond donors (Lipinski definition) is 0. The fourth-order valence-electron chi connectivity index (χ4n) is 5.51. The zero-order chi connectivity index (χ0) is 21.9. The van der Waals surface area contributed by atoms with Crippen molar-refractivity contribution < 1.29 is 14.2 Å². The molecule has 3 heterocycles. The first-order valence-corrected chi connectivity index (χ1v) is 12.3. The maximum absolute atomic E-state index is 6.50. The zero-order valence-corrected chi connectivity index (χ0v) is 20.6. The first-order chi connectivity index (χ1) is 14.1. The summed E-state index contributed by atoms with van der Waals surface area (Å²) in [7, 11) is 0. The van der Waals surface area contributed by atoms with Crippen LogP contribution in [0, 0.1) is 0 Å². The van der Waals surface area contributed by atoms with E-state index in [1.165, 1.54) is 0 Å². The highest BCUT2D eigenvalue weighted by Gasteiger charge is 2.37. The lowest BCUT2D eigenvalue weighted by Gasteiger charge is -2.47. The number of nitrogens with zero attached hydrogens (tertiary/aromatic N) is 3. The monoisotopic (exact) mass is 425 g/mol. The molecule has 3 fully saturated rings. The number of morpholine rings is 3. The van der Waals surface area contributed by atoms with E-state index in [0.29, 0.717) is 36.4 Å². The van der Waals surface area contributed by atoms with Crippen LogP contribution in [0.15, 0.2) is 0 Å². The molecular formula is C24H47N3O3. The van der Waals surface area contributed by atoms with Gasteiger partial charge in [0.25, 0.3) is 0 Å². The van der Waals surface area contributed by atoms with Crippen LogP contribution in [0.3, 0.4) is 0 Å². The van der Waals surface area contributed by atoms with Crippen molar-refractivity contribution in [3.63, 3.8) is 0 Å². The molecular weight excluding hydrogens is 378 g/mol. The summed E-state index contributed by atoms with van der Waals surface area (Å²) in [5.41, 5.74) is -0.0681. The van der Waals surface area contributed by atoms with Gasteiger partial charge in [0.05, 0.1) is 37.1 Å². The van der Waals surface area contributed by atoms with Gasteiger partial charge in [-0.2, -0.15) is 0 Å². The minimum absolute atomic E-state index is 0.0681. The smallest absolute Gasteiger partial charge is 0.0757 e. The van der Waals surface area contributed by atoms with Crippen molar-refractivity contribution in [2.24, 2.45) is 0 Å². The van der Waals surface area contributed by atoms with Crippen LogP contribution in [-0.4, -0.2) is 109 Å². The molecule has 176 valence electrons. The van der Waals surface area contributed by atoms with E-state index < -0.39 is 0 Å². The maximum Gasteiger partial charge on any atom is 0.0757 e. The average Bonchev–Trinajstić information content (AvgIpc) is 2.66. The Morgan fingerprint density at radius 2 is 1.43 bits per heavy atom. The SMILES string of the molecule is CC1CN(C(C)CC2CN(C(C)C)CC(C)(C)O2)CC(CC(C)N2CCOCC2)O1. The fraction of sp³-hybridized carbons (Fsp3) is 1.00. The van der Waals surface area contributed by atoms with Crippen LogP contribution < -0.4 is 0 Å². The van der Waals surface area contributed by atoms with E-state index in [4.69, 9.17) is 14.2 Å². The van der Waals surface area contributed by atoms with Gasteiger partial charge in [-0.25, -0.2) is 0 Å². The van der Waals surface area contributed by atoms with E-state index in [1.54, 1.807) is 0 Å². The third-order valence-electron chi connectivity index (χ3n) is 7.09. The molecule has 0 aromatic carbocycles. The second-order valence-corrected chi connectivity index (χ2v) is 10.9. The number of rotatable bonds is 7. The third-order valence-corrected chi connectivity index (χ3v) is 7.09. The Bertz CT molecular complexity index is 524. The van der Waals surface area contributed by atoms with E-state index in [9.17, 15) is 0 Å². The fourth-order valence-corrected chi connectivity index (χ4v) is 5.51. The lowest BCUT2D eigenvalue weighted by molar-refractivity contribution is -0.154. The summed E-state index contributed by atoms with van der Waals surface area (Å²) in [4.78, 5) is 7.78. The molecule has 5 atom stereocenters. The molecule has 0 aromatic rings. The Morgan fingerprint density at radius 1 is 0.833 bits per heavy atom. The second-order valence-electron chi connectivity index (χ2n) is 10.9. The van der Waals surface area contributed by atoms with Crippen LogP contribution in [0.2, 0.25) is 0 Å². The molecule has 0 bridgehead atoms. The first kappa shape index (κ1) is 24.4. The summed E-state index contributed by atoms with van der Waals surface area (Å²) in [5, 5.41) is 0. The first-order valence-electron chi connectivity index (χ1n) is 12.3. The number of ether oxygens (including phenoxy) is 3. The highest BCUT2D eigenvalue weighted by molar-refractivity contribution is 4.89. The van der Waals surface area contributed by atoms with Gasteiger partial charge in [-0.05, 0) is 61.3 Å². The Labute approximate surface area is 185 Å². The molecule has 3 aliphatic rings. The van der Waals surface area contributed by atoms with Crippen molar-refractivity contribution in [1.82, 2.24) is 14.7 Å². The molecule has 0 N–H and O–H groups in total. The highest BCUT2D eigenvalue weighted by atomic mass is 16.5. The summed E-state index contributed by atoms with van der Waals surface area (Å²) in [5.74, 6) is 0. The van der Waals surface area contributed by atoms with Gasteiger partial charge in [-0.15, -0.1) is 0 Å². The minimum Gasteiger partial charge on any atom is -0.379 e. The molecule has 3 aliphatic heterocycles. The average molecular weight is 426 g/mol. The van der Waals surface area contributed by atoms with E-state index in [1.807, 2.05) is 0 Å². The van der Waals surface area contributed by atoms with Crippen LogP contribution in [0.25, 0.3) is 0 Å². The molecule has 0 spiro atoms. The standard InChI is InChI=1S/C24H47N3O3/c1-18(2)27-16-23(30-24(6,7)17-27)13-20(4)26-14-21(5)29-22(15-26)12-19(3)25-8-10-28-11-9-25/h18-23H,8-17H2,1-7H3. The van der Waals surface area contributed by atoms with Crippen molar-refractivity contribution in [3.05, 3.63) is 0 Å². The van der Waals surface area contributed by atoms with Gasteiger partial charge in [-0.3, -0.25) is 14.7 Å². The van der Waals surface area contributed by atoms with Gasteiger partial charge in [0.15, 0.2) is 0 Å². The van der Waals surface area contributed by atoms with E-state index in [0.717, 1.165) is 65.3 Å². The summed E-state index contributed by atoms with van der Waals surface area (Å²) in [6.45, 7) is 24.0. The van der Waals surface area contributed by atoms with Crippen LogP contribution >= 0.6 is 0 Å². The molecule has 0 radical (unpaired) electrons. The van der Waals surface area contributed by atoms with Crippen molar-refractivity contribution in [2.45, 2.75) is 103 Å². The minimum atomic E-state index is -0.0681. The topological polar surface area (TPSA) is 37.4 Å². The van der Waals surface area contributed by atoms with Crippen molar-refractivity contribution in [2.75, 3.05) is 52.5 Å². The van der Waals surface area contributed by atoms with Gasteiger partial charge in [0, 0.05) is 57.4 Å². The highest BCUT2D eigenvalue weighted by Crippen LogP contribution is 2.27. The Morgan fingerprint density at radius 3 is 2.10 bits per heavy atom. The predicted molar refractivity (Wildman–Crippen MR) is 122 cm³/mol. The van der Waals surface area contributed by atoms with Gasteiger partial charge in [0.2, 0.25) is 0 Å². The van der Waals surface area contributed by atoms with Crippen LogP contribution in [0.5, 0.6) is 0 Å². The molecule has 6 heteroatoms. The lowest BCUT2D eigenvalue weighted by atomic mass is 9.99. The molecule has 0 saturated carbocycles. The second kappa shape index (κ2) is 10.6. The quantitative estimate of drug-likeness (QED) is 0.624. The Kier molecular flexibility index (Phi) is 8.61. The molecule has 30 heavy (non-hydrogen) atoms. The summed E-state index contributed by atoms with van der Waals surface area (Å²) < 4.78 is 18.4. The molecule has 3 saturated heterocycles. The molecule has 3 rings (SSSR count). The van der Waals surface area contributed by atoms with Crippen LogP contribution in [-0.2, 0) is 14.2 Å². The van der Waals surface area contributed by atoms with Crippen molar-refractivity contribution in [3.8, 4) is 0 Å². The third kappa shape index (κ3) is 6.88. The molecule has 0 aromatic heterocycles. The molecule has 5 unspecified atom stereocenters. The maximum atomic E-state index is 6.50. The van der Waals surface area contributed by atoms with E-state index in [2.05, 4.69) is 63.2 Å². The van der Waals surface area contributed by atoms with Gasteiger partial charge >= 0.3 is 0 Å². The molecule has 6 nitrogen and oxygen atoms in total. The predicted octanol–water partition coefficient (Wildman–Crippen LogP) is 2.85. The lowest BCUT2D eigenvalue weighted by Crippen LogP contribution is -2.57. The summed E-state index contributed by atoms with van der Waals surface area (Å²) >= 11 is 0.